The number of benzene rings is 1. The molecule has 1 saturated heterocycles. The van der Waals surface area contributed by atoms with Gasteiger partial charge in [-0.2, -0.15) is 4.57 Å². The van der Waals surface area contributed by atoms with E-state index < -0.39 is 44.9 Å². The van der Waals surface area contributed by atoms with Crippen molar-refractivity contribution in [2.24, 2.45) is 5.73 Å². The number of nitrogens with two attached hydrogens (primary N) is 1. The molecule has 3 unspecified atom stereocenters. The van der Waals surface area contributed by atoms with Crippen LogP contribution in [0.3, 0.4) is 0 Å². The summed E-state index contributed by atoms with van der Waals surface area (Å²) < 4.78 is 42.6. The fourth-order valence-electron chi connectivity index (χ4n) is 2.81. The van der Waals surface area contributed by atoms with Crippen molar-refractivity contribution in [2.45, 2.75) is 31.2 Å². The van der Waals surface area contributed by atoms with Crippen LogP contribution in [0, 0.1) is 0 Å². The van der Waals surface area contributed by atoms with Crippen LogP contribution in [-0.4, -0.2) is 36.0 Å². The minimum Gasteiger partial charge on any atom is -0.756 e. The second kappa shape index (κ2) is 9.08. The number of aliphatic hydroxyl groups is 1. The fourth-order valence-corrected chi connectivity index (χ4v) is 3.52. The summed E-state index contributed by atoms with van der Waals surface area (Å²) >= 11 is 0. The van der Waals surface area contributed by atoms with Crippen LogP contribution in [0.5, 0.6) is 0 Å². The molecule has 1 aromatic heterocycles. The van der Waals surface area contributed by atoms with Crippen molar-refractivity contribution in [1.82, 2.24) is 0 Å². The van der Waals surface area contributed by atoms with Gasteiger partial charge in [0.25, 0.3) is 20.0 Å². The molecule has 5 atom stereocenters. The molecule has 1 fully saturated rings. The number of aliphatic hydroxyl groups excluding tert-OH is 1. The van der Waals surface area contributed by atoms with Gasteiger partial charge in [0, 0.05) is 6.07 Å². The molecule has 3 rings (SSSR count). The average molecular weight is 426 g/mol. The molecule has 1 amide bonds. The summed E-state index contributed by atoms with van der Waals surface area (Å²) in [5.74, 6) is -0.712. The first-order valence-electron chi connectivity index (χ1n) is 8.69. The number of aromatic nitrogens is 1. The van der Waals surface area contributed by atoms with Gasteiger partial charge >= 0.3 is 0 Å². The van der Waals surface area contributed by atoms with Crippen LogP contribution in [0.15, 0.2) is 54.9 Å². The second-order valence-corrected chi connectivity index (χ2v) is 7.82. The van der Waals surface area contributed by atoms with Crippen molar-refractivity contribution < 1.29 is 42.1 Å². The highest BCUT2D eigenvalue weighted by molar-refractivity contribution is 7.45. The van der Waals surface area contributed by atoms with Crippen LogP contribution in [-0.2, 0) is 25.0 Å². The van der Waals surface area contributed by atoms with Crippen molar-refractivity contribution in [3.05, 3.63) is 66.0 Å². The number of hydrogen-bond acceptors (Lipinski definition) is 7. The lowest BCUT2D eigenvalue weighted by Crippen LogP contribution is -2.45. The highest BCUT2D eigenvalue weighted by Gasteiger charge is 2.50. The topological polar surface area (TPSA) is 135 Å². The molecule has 1 aromatic carbocycles. The summed E-state index contributed by atoms with van der Waals surface area (Å²) in [6.45, 7) is -0.858. The summed E-state index contributed by atoms with van der Waals surface area (Å²) in [4.78, 5) is 23.2. The predicted molar refractivity (Wildman–Crippen MR) is 94.8 cm³/mol. The lowest BCUT2D eigenvalue weighted by molar-refractivity contribution is -0.764. The number of halogens is 1. The monoisotopic (exact) mass is 426 g/mol. The molecule has 0 radical (unpaired) electrons. The molecule has 0 spiro atoms. The van der Waals surface area contributed by atoms with Crippen molar-refractivity contribution >= 4 is 13.7 Å². The highest BCUT2D eigenvalue weighted by atomic mass is 31.2. The number of phosphoric ester groups is 1. The van der Waals surface area contributed by atoms with Crippen molar-refractivity contribution in [2.75, 3.05) is 6.61 Å². The van der Waals surface area contributed by atoms with E-state index in [0.29, 0.717) is 5.56 Å². The molecule has 0 aliphatic carbocycles. The van der Waals surface area contributed by atoms with E-state index in [2.05, 4.69) is 0 Å². The van der Waals surface area contributed by atoms with E-state index in [1.54, 1.807) is 30.3 Å². The summed E-state index contributed by atoms with van der Waals surface area (Å²) in [5, 5.41) is 10.1. The van der Waals surface area contributed by atoms with E-state index in [0.717, 1.165) is 0 Å². The molecule has 0 saturated carbocycles. The van der Waals surface area contributed by atoms with Crippen LogP contribution < -0.4 is 15.2 Å². The normalized spacial score (nSPS) is 26.2. The Bertz CT molecular complexity index is 901. The third-order valence-electron chi connectivity index (χ3n) is 4.32. The largest absolute Gasteiger partial charge is 0.756 e. The molecule has 29 heavy (non-hydrogen) atoms. The molecule has 11 heteroatoms. The first-order chi connectivity index (χ1) is 13.8. The maximum absolute atomic E-state index is 14.5. The summed E-state index contributed by atoms with van der Waals surface area (Å²) in [5.41, 5.74) is 5.95. The third-order valence-corrected chi connectivity index (χ3v) is 5.23. The molecule has 3 N–H and O–H groups in total. The number of hydrogen-bond donors (Lipinski definition) is 2. The number of ether oxygens (including phenoxy) is 1. The summed E-state index contributed by atoms with van der Waals surface area (Å²) in [7, 11) is -4.70. The average Bonchev–Trinajstić information content (AvgIpc) is 3.00. The molecule has 0 bridgehead atoms. The third kappa shape index (κ3) is 5.45. The Kier molecular flexibility index (Phi) is 6.74. The first-order valence-corrected chi connectivity index (χ1v) is 10.1. The first kappa shape index (κ1) is 21.5. The Morgan fingerprint density at radius 3 is 2.69 bits per heavy atom. The van der Waals surface area contributed by atoms with E-state index in [1.165, 1.54) is 29.1 Å². The van der Waals surface area contributed by atoms with Gasteiger partial charge in [-0.15, -0.1) is 0 Å². The molecular weight excluding hydrogens is 406 g/mol. The van der Waals surface area contributed by atoms with Crippen LogP contribution in [0.25, 0.3) is 0 Å². The molecular formula is C18H20FN2O7P. The lowest BCUT2D eigenvalue weighted by atomic mass is 10.1. The number of nitrogens with zero attached hydrogens (tertiary/aromatic N) is 1. The van der Waals surface area contributed by atoms with E-state index in [4.69, 9.17) is 19.5 Å². The van der Waals surface area contributed by atoms with Crippen LogP contribution in [0.1, 0.15) is 22.1 Å². The zero-order chi connectivity index (χ0) is 21.0. The summed E-state index contributed by atoms with van der Waals surface area (Å²) in [6.07, 6.45) is -3.36. The molecule has 9 nitrogen and oxygen atoms in total. The SMILES string of the molecule is NC(=O)c1ccc[n+](C2OC(COP(=O)([O-])OCc3ccccc3)[C@@H](O)[C@@H]2F)c1. The van der Waals surface area contributed by atoms with E-state index in [9.17, 15) is 23.7 Å². The number of alkyl halides is 1. The smallest absolute Gasteiger partial charge is 0.297 e. The van der Waals surface area contributed by atoms with Crippen molar-refractivity contribution in [1.29, 1.82) is 0 Å². The Labute approximate surface area is 166 Å². The highest BCUT2D eigenvalue weighted by Crippen LogP contribution is 2.41. The van der Waals surface area contributed by atoms with Gasteiger partial charge in [0.2, 0.25) is 6.17 Å². The van der Waals surface area contributed by atoms with Gasteiger partial charge in [0.15, 0.2) is 12.4 Å². The molecule has 1 aliphatic rings. The number of amides is 1. The van der Waals surface area contributed by atoms with Gasteiger partial charge in [-0.25, -0.2) is 4.39 Å². The minimum atomic E-state index is -4.70. The van der Waals surface area contributed by atoms with Crippen LogP contribution in [0.4, 0.5) is 4.39 Å². The molecule has 1 aliphatic heterocycles. The van der Waals surface area contributed by atoms with Gasteiger partial charge in [0.05, 0.1) is 13.2 Å². The summed E-state index contributed by atoms with van der Waals surface area (Å²) in [6, 6.07) is 11.5. The Morgan fingerprint density at radius 2 is 2.00 bits per heavy atom. The van der Waals surface area contributed by atoms with Gasteiger partial charge in [0.1, 0.15) is 17.8 Å². The number of primary amides is 1. The molecule has 156 valence electrons. The Hall–Kier alpha value is -2.20. The Morgan fingerprint density at radius 1 is 1.28 bits per heavy atom. The zero-order valence-corrected chi connectivity index (χ0v) is 16.1. The van der Waals surface area contributed by atoms with Crippen LogP contribution >= 0.6 is 7.82 Å². The van der Waals surface area contributed by atoms with E-state index in [-0.39, 0.29) is 12.2 Å². The van der Waals surface area contributed by atoms with Gasteiger partial charge in [-0.3, -0.25) is 9.36 Å². The van der Waals surface area contributed by atoms with Crippen molar-refractivity contribution in [3.8, 4) is 0 Å². The quantitative estimate of drug-likeness (QED) is 0.460. The second-order valence-electron chi connectivity index (χ2n) is 6.41. The molecule has 2 aromatic rings. The van der Waals surface area contributed by atoms with Gasteiger partial charge in [-0.05, 0) is 11.6 Å². The van der Waals surface area contributed by atoms with Crippen molar-refractivity contribution in [3.63, 3.8) is 0 Å². The number of carbonyl (C=O) groups excluding carboxylic acids is 1. The van der Waals surface area contributed by atoms with Gasteiger partial charge < -0.3 is 29.5 Å². The fraction of sp³-hybridized carbons (Fsp3) is 0.333. The number of pyridine rings is 1. The van der Waals surface area contributed by atoms with E-state index in [1.807, 2.05) is 0 Å². The van der Waals surface area contributed by atoms with Crippen LogP contribution in [0.2, 0.25) is 0 Å². The van der Waals surface area contributed by atoms with Gasteiger partial charge in [-0.1, -0.05) is 30.3 Å². The standard InChI is InChI=1S/C18H20FN2O7P/c19-15-16(22)14(28-18(15)21-8-4-7-13(9-21)17(20)23)11-27-29(24,25)26-10-12-5-2-1-3-6-12/h1-9,14-16,18,22H,10-11H2,(H2-,20,23,24,25)/t14?,15-,16+,18?/m0/s1. The predicted octanol–water partition coefficient (Wildman–Crippen LogP) is 0.371. The maximum Gasteiger partial charge on any atom is 0.297 e. The van der Waals surface area contributed by atoms with E-state index >= 15 is 0 Å². The maximum atomic E-state index is 14.5. The number of carbonyl (C=O) groups is 1. The molecule has 2 heterocycles. The lowest BCUT2D eigenvalue weighted by Gasteiger charge is -2.24. The minimum absolute atomic E-state index is 0.121. The number of phosphoric acid groups is 1. The Balaban J connectivity index is 1.59. The number of rotatable bonds is 8. The zero-order valence-electron chi connectivity index (χ0n) is 15.2.